The van der Waals surface area contributed by atoms with Crippen LogP contribution in [0.5, 0.6) is 0 Å². The average molecular weight is 336 g/mol. The number of esters is 1. The number of aromatic carboxylic acids is 2. The quantitative estimate of drug-likeness (QED) is 0.699. The minimum Gasteiger partial charge on any atom is -0.478 e. The van der Waals surface area contributed by atoms with E-state index < -0.39 is 23.5 Å². The highest BCUT2D eigenvalue weighted by atomic mass is 16.6. The van der Waals surface area contributed by atoms with Crippen LogP contribution in [0.15, 0.2) is 18.2 Å². The summed E-state index contributed by atoms with van der Waals surface area (Å²) in [5.74, 6) is -3.30. The van der Waals surface area contributed by atoms with Gasteiger partial charge in [-0.2, -0.15) is 0 Å². The molecule has 1 atom stereocenters. The second-order valence-electron chi connectivity index (χ2n) is 6.41. The Morgan fingerprint density at radius 2 is 1.75 bits per heavy atom. The van der Waals surface area contributed by atoms with Crippen LogP contribution in [0.2, 0.25) is 0 Å². The van der Waals surface area contributed by atoms with Crippen molar-refractivity contribution < 1.29 is 29.3 Å². The van der Waals surface area contributed by atoms with Gasteiger partial charge in [-0.1, -0.05) is 26.7 Å². The summed E-state index contributed by atoms with van der Waals surface area (Å²) >= 11 is 0. The van der Waals surface area contributed by atoms with Gasteiger partial charge >= 0.3 is 17.9 Å². The summed E-state index contributed by atoms with van der Waals surface area (Å²) in [5.41, 5.74) is -1.48. The van der Waals surface area contributed by atoms with Crippen molar-refractivity contribution in [2.24, 2.45) is 5.92 Å². The molecule has 6 heteroatoms. The average Bonchev–Trinajstić information content (AvgIpc) is 2.51. The number of ether oxygens (including phenoxy) is 1. The Hall–Kier alpha value is -2.37. The van der Waals surface area contributed by atoms with E-state index in [1.165, 1.54) is 0 Å². The third-order valence-electron chi connectivity index (χ3n) is 4.25. The van der Waals surface area contributed by atoms with Crippen molar-refractivity contribution in [3.63, 3.8) is 0 Å². The van der Waals surface area contributed by atoms with Crippen molar-refractivity contribution in [3.05, 3.63) is 34.9 Å². The number of carbonyl (C=O) groups is 3. The molecule has 1 aromatic rings. The van der Waals surface area contributed by atoms with Crippen LogP contribution in [0.1, 0.15) is 78.0 Å². The molecular weight excluding hydrogens is 312 g/mol. The van der Waals surface area contributed by atoms with Gasteiger partial charge in [0.2, 0.25) is 0 Å². The van der Waals surface area contributed by atoms with E-state index in [2.05, 4.69) is 6.92 Å². The lowest BCUT2D eigenvalue weighted by atomic mass is 9.88. The van der Waals surface area contributed by atoms with Gasteiger partial charge in [-0.05, 0) is 44.4 Å². The molecule has 0 aromatic heterocycles. The Kier molecular flexibility index (Phi) is 6.51. The fourth-order valence-corrected chi connectivity index (χ4v) is 2.29. The summed E-state index contributed by atoms with van der Waals surface area (Å²) in [5, 5.41) is 18.3. The van der Waals surface area contributed by atoms with Crippen LogP contribution in [-0.4, -0.2) is 33.7 Å². The minimum atomic E-state index is -1.31. The van der Waals surface area contributed by atoms with E-state index >= 15 is 0 Å². The fourth-order valence-electron chi connectivity index (χ4n) is 2.29. The van der Waals surface area contributed by atoms with Crippen molar-refractivity contribution in [2.75, 3.05) is 0 Å². The van der Waals surface area contributed by atoms with Gasteiger partial charge in [0.05, 0.1) is 16.7 Å². The molecule has 24 heavy (non-hydrogen) atoms. The van der Waals surface area contributed by atoms with Gasteiger partial charge in [0.25, 0.3) is 0 Å². The lowest BCUT2D eigenvalue weighted by Crippen LogP contribution is -2.35. The van der Waals surface area contributed by atoms with Gasteiger partial charge < -0.3 is 14.9 Å². The topological polar surface area (TPSA) is 101 Å². The Morgan fingerprint density at radius 1 is 1.12 bits per heavy atom. The maximum Gasteiger partial charge on any atom is 0.339 e. The number of benzene rings is 1. The van der Waals surface area contributed by atoms with Gasteiger partial charge in [-0.3, -0.25) is 0 Å². The van der Waals surface area contributed by atoms with Crippen molar-refractivity contribution >= 4 is 17.9 Å². The molecule has 2 N–H and O–H groups in total. The minimum absolute atomic E-state index is 0.0809. The first-order valence-electron chi connectivity index (χ1n) is 7.94. The first-order valence-corrected chi connectivity index (χ1v) is 7.94. The number of carboxylic acids is 2. The van der Waals surface area contributed by atoms with Crippen LogP contribution in [0.4, 0.5) is 0 Å². The second kappa shape index (κ2) is 7.95. The van der Waals surface area contributed by atoms with Crippen molar-refractivity contribution in [2.45, 2.75) is 52.6 Å². The van der Waals surface area contributed by atoms with E-state index in [0.717, 1.165) is 37.5 Å². The zero-order chi connectivity index (χ0) is 18.5. The van der Waals surface area contributed by atoms with E-state index in [-0.39, 0.29) is 22.6 Å². The molecule has 0 spiro atoms. The predicted molar refractivity (Wildman–Crippen MR) is 88.5 cm³/mol. The number of carboxylic acid groups (broad SMARTS) is 2. The highest BCUT2D eigenvalue weighted by Gasteiger charge is 2.31. The number of hydrogen-bond donors (Lipinski definition) is 2. The van der Waals surface area contributed by atoms with E-state index in [1.54, 1.807) is 13.8 Å². The van der Waals surface area contributed by atoms with E-state index in [9.17, 15) is 19.5 Å². The molecule has 0 radical (unpaired) electrons. The van der Waals surface area contributed by atoms with Gasteiger partial charge in [0.15, 0.2) is 0 Å². The van der Waals surface area contributed by atoms with Crippen molar-refractivity contribution in [1.29, 1.82) is 0 Å². The molecule has 1 rings (SSSR count). The Balaban J connectivity index is 3.11. The SMILES string of the molecule is CCCCC(C)C(C)(C)OC(=O)c1cc(C(=O)O)ccc1C(=O)O. The van der Waals surface area contributed by atoms with Gasteiger partial charge in [-0.15, -0.1) is 0 Å². The van der Waals surface area contributed by atoms with Gasteiger partial charge in [0, 0.05) is 0 Å². The summed E-state index contributed by atoms with van der Waals surface area (Å²) in [7, 11) is 0. The Morgan fingerprint density at radius 3 is 2.25 bits per heavy atom. The molecule has 1 unspecified atom stereocenters. The number of carbonyl (C=O) groups excluding carboxylic acids is 1. The third-order valence-corrected chi connectivity index (χ3v) is 4.25. The zero-order valence-corrected chi connectivity index (χ0v) is 14.5. The van der Waals surface area contributed by atoms with E-state index in [1.807, 2.05) is 6.92 Å². The molecule has 0 aliphatic carbocycles. The molecule has 0 amide bonds. The molecule has 0 heterocycles. The van der Waals surface area contributed by atoms with Gasteiger partial charge in [0.1, 0.15) is 5.60 Å². The standard InChI is InChI=1S/C18H24O6/c1-5-6-7-11(2)18(3,4)24-17(23)14-10-12(15(19)20)8-9-13(14)16(21)22/h8-11H,5-7H2,1-4H3,(H,19,20)(H,21,22). The fraction of sp³-hybridized carbons (Fsp3) is 0.500. The summed E-state index contributed by atoms with van der Waals surface area (Å²) in [6.07, 6.45) is 2.90. The summed E-state index contributed by atoms with van der Waals surface area (Å²) < 4.78 is 5.51. The monoisotopic (exact) mass is 336 g/mol. The molecule has 132 valence electrons. The van der Waals surface area contributed by atoms with Crippen LogP contribution in [0.25, 0.3) is 0 Å². The van der Waals surface area contributed by atoms with E-state index in [0.29, 0.717) is 0 Å². The van der Waals surface area contributed by atoms with Crippen LogP contribution in [-0.2, 0) is 4.74 Å². The molecule has 0 fully saturated rings. The lowest BCUT2D eigenvalue weighted by molar-refractivity contribution is -0.0283. The lowest BCUT2D eigenvalue weighted by Gasteiger charge is -2.32. The summed E-state index contributed by atoms with van der Waals surface area (Å²) in [6, 6.07) is 3.30. The Labute approximate surface area is 141 Å². The molecule has 0 bridgehead atoms. The molecular formula is C18H24O6. The summed E-state index contributed by atoms with van der Waals surface area (Å²) in [4.78, 5) is 34.8. The summed E-state index contributed by atoms with van der Waals surface area (Å²) in [6.45, 7) is 7.58. The van der Waals surface area contributed by atoms with Crippen LogP contribution >= 0.6 is 0 Å². The van der Waals surface area contributed by atoms with Gasteiger partial charge in [-0.25, -0.2) is 14.4 Å². The van der Waals surface area contributed by atoms with Crippen LogP contribution < -0.4 is 0 Å². The second-order valence-corrected chi connectivity index (χ2v) is 6.41. The maximum absolute atomic E-state index is 12.5. The highest BCUT2D eigenvalue weighted by molar-refractivity contribution is 6.04. The number of rotatable bonds is 8. The number of hydrogen-bond acceptors (Lipinski definition) is 4. The zero-order valence-electron chi connectivity index (χ0n) is 14.5. The molecule has 0 saturated heterocycles. The van der Waals surface area contributed by atoms with Crippen molar-refractivity contribution in [3.8, 4) is 0 Å². The third kappa shape index (κ3) is 4.81. The molecule has 0 aliphatic rings. The first kappa shape index (κ1) is 19.7. The van der Waals surface area contributed by atoms with Crippen LogP contribution in [0.3, 0.4) is 0 Å². The molecule has 6 nitrogen and oxygen atoms in total. The molecule has 0 saturated carbocycles. The largest absolute Gasteiger partial charge is 0.478 e. The van der Waals surface area contributed by atoms with E-state index in [4.69, 9.17) is 9.84 Å². The number of unbranched alkanes of at least 4 members (excludes halogenated alkanes) is 1. The maximum atomic E-state index is 12.5. The highest BCUT2D eigenvalue weighted by Crippen LogP contribution is 2.28. The first-order chi connectivity index (χ1) is 11.1. The van der Waals surface area contributed by atoms with Crippen molar-refractivity contribution in [1.82, 2.24) is 0 Å². The Bertz CT molecular complexity index is 632. The molecule has 0 aliphatic heterocycles. The smallest absolute Gasteiger partial charge is 0.339 e. The normalized spacial score (nSPS) is 12.5. The van der Waals surface area contributed by atoms with Crippen LogP contribution in [0, 0.1) is 5.92 Å². The molecule has 1 aromatic carbocycles. The predicted octanol–water partition coefficient (Wildman–Crippen LogP) is 3.84.